The second kappa shape index (κ2) is 7.18. The molecule has 3 rings (SSSR count). The first-order valence-corrected chi connectivity index (χ1v) is 7.50. The molecule has 6 nitrogen and oxygen atoms in total. The van der Waals surface area contributed by atoms with E-state index >= 15 is 0 Å². The highest BCUT2D eigenvalue weighted by molar-refractivity contribution is 5.71. The first-order valence-electron chi connectivity index (χ1n) is 7.50. The minimum Gasteiger partial charge on any atom is -0.496 e. The highest BCUT2D eigenvalue weighted by Gasteiger charge is 2.16. The predicted octanol–water partition coefficient (Wildman–Crippen LogP) is 1.86. The second-order valence-corrected chi connectivity index (χ2v) is 5.29. The van der Waals surface area contributed by atoms with Gasteiger partial charge < -0.3 is 9.47 Å². The molecule has 118 valence electrons. The van der Waals surface area contributed by atoms with Crippen molar-refractivity contribution in [2.75, 3.05) is 33.4 Å². The lowest BCUT2D eigenvalue weighted by molar-refractivity contribution is 0.0342. The molecule has 0 bridgehead atoms. The largest absolute Gasteiger partial charge is 0.496 e. The Kier molecular flexibility index (Phi) is 4.81. The van der Waals surface area contributed by atoms with Crippen molar-refractivity contribution in [3.05, 3.63) is 41.9 Å². The first kappa shape index (κ1) is 15.4. The van der Waals surface area contributed by atoms with Gasteiger partial charge in [0.1, 0.15) is 17.5 Å². The Morgan fingerprint density at radius 3 is 2.78 bits per heavy atom. The Morgan fingerprint density at radius 1 is 1.26 bits per heavy atom. The summed E-state index contributed by atoms with van der Waals surface area (Å²) < 4.78 is 10.8. The molecule has 2 heterocycles. The molecule has 1 aromatic carbocycles. The molecule has 0 saturated carbocycles. The van der Waals surface area contributed by atoms with Crippen molar-refractivity contribution in [1.82, 2.24) is 14.9 Å². The third-order valence-corrected chi connectivity index (χ3v) is 3.83. The Labute approximate surface area is 135 Å². The molecule has 0 spiro atoms. The van der Waals surface area contributed by atoms with Crippen molar-refractivity contribution >= 4 is 0 Å². The summed E-state index contributed by atoms with van der Waals surface area (Å²) in [6, 6.07) is 8.08. The molecule has 1 saturated heterocycles. The lowest BCUT2D eigenvalue weighted by Crippen LogP contribution is -2.35. The summed E-state index contributed by atoms with van der Waals surface area (Å²) >= 11 is 0. The minimum absolute atomic E-state index is 0.300. The molecule has 1 aromatic heterocycles. The van der Waals surface area contributed by atoms with Crippen molar-refractivity contribution in [3.63, 3.8) is 0 Å². The van der Waals surface area contributed by atoms with E-state index in [1.807, 2.05) is 18.2 Å². The van der Waals surface area contributed by atoms with Crippen molar-refractivity contribution in [3.8, 4) is 23.1 Å². The standard InChI is InChI=1S/C17H18N4O2/c1-22-16-3-2-13(12-21-6-8-23-9-7-21)10-14(16)17-15(11-18)19-4-5-20-17/h2-5,10H,6-9,12H2,1H3. The van der Waals surface area contributed by atoms with Gasteiger partial charge in [0.25, 0.3) is 0 Å². The van der Waals surface area contributed by atoms with E-state index in [1.165, 1.54) is 6.20 Å². The summed E-state index contributed by atoms with van der Waals surface area (Å²) in [5, 5.41) is 9.26. The quantitative estimate of drug-likeness (QED) is 0.858. The molecule has 1 aliphatic heterocycles. The van der Waals surface area contributed by atoms with Crippen LogP contribution in [0, 0.1) is 11.3 Å². The molecule has 0 radical (unpaired) electrons. The first-order chi connectivity index (χ1) is 11.3. The number of methoxy groups -OCH3 is 1. The van der Waals surface area contributed by atoms with Crippen LogP contribution in [0.1, 0.15) is 11.3 Å². The van der Waals surface area contributed by atoms with Crippen LogP contribution in [-0.4, -0.2) is 48.3 Å². The van der Waals surface area contributed by atoms with Crippen LogP contribution in [0.4, 0.5) is 0 Å². The Hall–Kier alpha value is -2.49. The van der Waals surface area contributed by atoms with Gasteiger partial charge in [-0.05, 0) is 17.7 Å². The molecule has 0 atom stereocenters. The Balaban J connectivity index is 1.95. The van der Waals surface area contributed by atoms with Crippen molar-refractivity contribution in [1.29, 1.82) is 5.26 Å². The molecule has 0 N–H and O–H groups in total. The summed E-state index contributed by atoms with van der Waals surface area (Å²) in [6.07, 6.45) is 3.11. The third kappa shape index (κ3) is 3.47. The fraction of sp³-hybridized carbons (Fsp3) is 0.353. The molecule has 1 aliphatic rings. The van der Waals surface area contributed by atoms with Crippen LogP contribution in [0.15, 0.2) is 30.6 Å². The van der Waals surface area contributed by atoms with Gasteiger partial charge in [-0.3, -0.25) is 9.88 Å². The van der Waals surface area contributed by atoms with Gasteiger partial charge in [-0.2, -0.15) is 5.26 Å². The molecular formula is C17H18N4O2. The SMILES string of the molecule is COc1ccc(CN2CCOCC2)cc1-c1nccnc1C#N. The second-order valence-electron chi connectivity index (χ2n) is 5.29. The highest BCUT2D eigenvalue weighted by atomic mass is 16.5. The number of hydrogen-bond acceptors (Lipinski definition) is 6. The fourth-order valence-corrected chi connectivity index (χ4v) is 2.67. The van der Waals surface area contributed by atoms with Crippen LogP contribution in [0.25, 0.3) is 11.3 Å². The van der Waals surface area contributed by atoms with Gasteiger partial charge in [-0.25, -0.2) is 4.98 Å². The van der Waals surface area contributed by atoms with E-state index in [9.17, 15) is 5.26 Å². The van der Waals surface area contributed by atoms with Gasteiger partial charge in [0.05, 0.1) is 20.3 Å². The Bertz CT molecular complexity index is 721. The average molecular weight is 310 g/mol. The lowest BCUT2D eigenvalue weighted by atomic mass is 10.0. The molecule has 6 heteroatoms. The van der Waals surface area contributed by atoms with E-state index in [0.29, 0.717) is 17.1 Å². The summed E-state index contributed by atoms with van der Waals surface area (Å²) in [6.45, 7) is 4.23. The number of morpholine rings is 1. The van der Waals surface area contributed by atoms with Gasteiger partial charge >= 0.3 is 0 Å². The van der Waals surface area contributed by atoms with Gasteiger partial charge in [-0.1, -0.05) is 6.07 Å². The van der Waals surface area contributed by atoms with Crippen LogP contribution >= 0.6 is 0 Å². The zero-order valence-electron chi connectivity index (χ0n) is 13.0. The molecule has 0 amide bonds. The zero-order valence-corrected chi connectivity index (χ0v) is 13.0. The van der Waals surface area contributed by atoms with Gasteiger partial charge in [0.15, 0.2) is 5.69 Å². The van der Waals surface area contributed by atoms with Crippen LogP contribution in [0.2, 0.25) is 0 Å². The fourth-order valence-electron chi connectivity index (χ4n) is 2.67. The maximum atomic E-state index is 9.26. The van der Waals surface area contributed by atoms with Crippen molar-refractivity contribution in [2.45, 2.75) is 6.54 Å². The van der Waals surface area contributed by atoms with E-state index in [-0.39, 0.29) is 0 Å². The molecule has 0 aliphatic carbocycles. The topological polar surface area (TPSA) is 71.3 Å². The van der Waals surface area contributed by atoms with E-state index < -0.39 is 0 Å². The number of hydrogen-bond donors (Lipinski definition) is 0. The normalized spacial score (nSPS) is 15.1. The number of ether oxygens (including phenoxy) is 2. The summed E-state index contributed by atoms with van der Waals surface area (Å²) in [5.74, 6) is 0.688. The minimum atomic E-state index is 0.300. The van der Waals surface area contributed by atoms with Crippen molar-refractivity contribution in [2.24, 2.45) is 0 Å². The predicted molar refractivity (Wildman–Crippen MR) is 84.8 cm³/mol. The lowest BCUT2D eigenvalue weighted by Gasteiger charge is -2.26. The maximum Gasteiger partial charge on any atom is 0.166 e. The number of rotatable bonds is 4. The molecular weight excluding hydrogens is 292 g/mol. The summed E-state index contributed by atoms with van der Waals surface area (Å²) in [7, 11) is 1.61. The number of aromatic nitrogens is 2. The number of nitriles is 1. The molecule has 0 unspecified atom stereocenters. The van der Waals surface area contributed by atoms with E-state index in [1.54, 1.807) is 13.3 Å². The van der Waals surface area contributed by atoms with E-state index in [4.69, 9.17) is 9.47 Å². The monoisotopic (exact) mass is 310 g/mol. The van der Waals surface area contributed by atoms with Crippen LogP contribution in [-0.2, 0) is 11.3 Å². The number of nitrogens with zero attached hydrogens (tertiary/aromatic N) is 4. The zero-order chi connectivity index (χ0) is 16.1. The van der Waals surface area contributed by atoms with E-state index in [2.05, 4.69) is 20.9 Å². The maximum absolute atomic E-state index is 9.26. The molecule has 1 fully saturated rings. The van der Waals surface area contributed by atoms with Crippen LogP contribution in [0.3, 0.4) is 0 Å². The summed E-state index contributed by atoms with van der Waals surface area (Å²) in [5.41, 5.74) is 2.80. The van der Waals surface area contributed by atoms with Gasteiger partial charge in [0, 0.05) is 37.6 Å². The van der Waals surface area contributed by atoms with E-state index in [0.717, 1.165) is 44.0 Å². The third-order valence-electron chi connectivity index (χ3n) is 3.83. The van der Waals surface area contributed by atoms with Crippen LogP contribution < -0.4 is 4.74 Å². The molecule has 2 aromatic rings. The van der Waals surface area contributed by atoms with Crippen LogP contribution in [0.5, 0.6) is 5.75 Å². The molecule has 23 heavy (non-hydrogen) atoms. The number of benzene rings is 1. The highest BCUT2D eigenvalue weighted by Crippen LogP contribution is 2.31. The smallest absolute Gasteiger partial charge is 0.166 e. The van der Waals surface area contributed by atoms with Gasteiger partial charge in [0.2, 0.25) is 0 Å². The van der Waals surface area contributed by atoms with Crippen molar-refractivity contribution < 1.29 is 9.47 Å². The van der Waals surface area contributed by atoms with Gasteiger partial charge in [-0.15, -0.1) is 0 Å². The summed E-state index contributed by atoms with van der Waals surface area (Å²) in [4.78, 5) is 10.8. The Morgan fingerprint density at radius 2 is 2.04 bits per heavy atom. The average Bonchev–Trinajstić information content (AvgIpc) is 2.62.